The highest BCUT2D eigenvalue weighted by molar-refractivity contribution is 7.09. The van der Waals surface area contributed by atoms with E-state index in [4.69, 9.17) is 4.74 Å². The number of ether oxygens (including phenoxy) is 1. The fraction of sp³-hybridized carbons (Fsp3) is 0.350. The molecule has 0 amide bonds. The van der Waals surface area contributed by atoms with Crippen molar-refractivity contribution in [2.75, 3.05) is 13.1 Å². The van der Waals surface area contributed by atoms with Crippen LogP contribution in [0.4, 0.5) is 8.78 Å². The van der Waals surface area contributed by atoms with Crippen LogP contribution >= 0.6 is 11.3 Å². The Balaban J connectivity index is 1.62. The van der Waals surface area contributed by atoms with Gasteiger partial charge in [0.25, 0.3) is 0 Å². The zero-order chi connectivity index (χ0) is 17.9. The van der Waals surface area contributed by atoms with E-state index >= 15 is 0 Å². The van der Waals surface area contributed by atoms with E-state index in [2.05, 4.69) is 9.88 Å². The average molecular weight is 374 g/mol. The van der Waals surface area contributed by atoms with Crippen LogP contribution in [0.2, 0.25) is 0 Å². The SMILES string of the molecule is FC(F)Oc1ccc2ccccc2c1CN1CCCC(c2nccs2)C1. The van der Waals surface area contributed by atoms with Crippen LogP contribution in [0.5, 0.6) is 5.75 Å². The van der Waals surface area contributed by atoms with Crippen molar-refractivity contribution < 1.29 is 13.5 Å². The molecule has 0 N–H and O–H groups in total. The van der Waals surface area contributed by atoms with E-state index < -0.39 is 6.61 Å². The topological polar surface area (TPSA) is 25.4 Å². The Morgan fingerprint density at radius 2 is 2.12 bits per heavy atom. The Morgan fingerprint density at radius 3 is 2.92 bits per heavy atom. The Morgan fingerprint density at radius 1 is 1.23 bits per heavy atom. The van der Waals surface area contributed by atoms with Gasteiger partial charge < -0.3 is 4.74 Å². The van der Waals surface area contributed by atoms with Crippen molar-refractivity contribution in [1.29, 1.82) is 0 Å². The Kier molecular flexibility index (Phi) is 5.13. The number of alkyl halides is 2. The van der Waals surface area contributed by atoms with Crippen molar-refractivity contribution >= 4 is 22.1 Å². The maximum Gasteiger partial charge on any atom is 0.387 e. The molecular weight excluding hydrogens is 354 g/mol. The van der Waals surface area contributed by atoms with Crippen LogP contribution in [0.1, 0.15) is 29.3 Å². The Labute approximate surface area is 155 Å². The van der Waals surface area contributed by atoms with E-state index in [0.717, 1.165) is 47.3 Å². The molecule has 1 aliphatic heterocycles. The molecule has 0 saturated carbocycles. The zero-order valence-electron chi connectivity index (χ0n) is 14.3. The van der Waals surface area contributed by atoms with Crippen molar-refractivity contribution in [3.63, 3.8) is 0 Å². The summed E-state index contributed by atoms with van der Waals surface area (Å²) in [6.07, 6.45) is 4.05. The molecule has 4 rings (SSSR count). The summed E-state index contributed by atoms with van der Waals surface area (Å²) in [6, 6.07) is 11.4. The third-order valence-corrected chi connectivity index (χ3v) is 5.84. The number of likely N-dealkylation sites (tertiary alicyclic amines) is 1. The maximum absolute atomic E-state index is 12.9. The molecule has 0 radical (unpaired) electrons. The number of thiazole rings is 1. The first-order valence-electron chi connectivity index (χ1n) is 8.78. The summed E-state index contributed by atoms with van der Waals surface area (Å²) in [7, 11) is 0. The molecule has 3 nitrogen and oxygen atoms in total. The fourth-order valence-corrected chi connectivity index (χ4v) is 4.51. The van der Waals surface area contributed by atoms with Gasteiger partial charge in [-0.05, 0) is 36.2 Å². The highest BCUT2D eigenvalue weighted by Crippen LogP contribution is 2.33. The first-order chi connectivity index (χ1) is 12.7. The number of rotatable bonds is 5. The second kappa shape index (κ2) is 7.68. The Bertz CT molecular complexity index is 869. The van der Waals surface area contributed by atoms with Crippen molar-refractivity contribution in [3.05, 3.63) is 58.5 Å². The van der Waals surface area contributed by atoms with Gasteiger partial charge in [-0.15, -0.1) is 11.3 Å². The van der Waals surface area contributed by atoms with Gasteiger partial charge in [0.05, 0.1) is 5.01 Å². The molecule has 1 unspecified atom stereocenters. The fourth-order valence-electron chi connectivity index (χ4n) is 3.75. The van der Waals surface area contributed by atoms with Crippen molar-refractivity contribution in [1.82, 2.24) is 9.88 Å². The zero-order valence-corrected chi connectivity index (χ0v) is 15.1. The molecule has 1 fully saturated rings. The van der Waals surface area contributed by atoms with E-state index in [9.17, 15) is 8.78 Å². The molecular formula is C20H20F2N2OS. The largest absolute Gasteiger partial charge is 0.434 e. The van der Waals surface area contributed by atoms with Crippen LogP contribution in [0.3, 0.4) is 0 Å². The molecule has 0 bridgehead atoms. The average Bonchev–Trinajstić information content (AvgIpc) is 3.18. The summed E-state index contributed by atoms with van der Waals surface area (Å²) in [5.41, 5.74) is 0.836. The minimum Gasteiger partial charge on any atom is -0.434 e. The van der Waals surface area contributed by atoms with Gasteiger partial charge in [0.1, 0.15) is 5.75 Å². The predicted octanol–water partition coefficient (Wildman–Crippen LogP) is 5.28. The summed E-state index contributed by atoms with van der Waals surface area (Å²) in [5, 5.41) is 5.18. The van der Waals surface area contributed by atoms with Crippen molar-refractivity contribution in [2.24, 2.45) is 0 Å². The molecule has 136 valence electrons. The van der Waals surface area contributed by atoms with Crippen LogP contribution in [-0.2, 0) is 6.54 Å². The van der Waals surface area contributed by atoms with Crippen LogP contribution < -0.4 is 4.74 Å². The van der Waals surface area contributed by atoms with Crippen LogP contribution in [0, 0.1) is 0 Å². The summed E-state index contributed by atoms with van der Waals surface area (Å²) in [6.45, 7) is -0.366. The van der Waals surface area contributed by atoms with Crippen molar-refractivity contribution in [3.8, 4) is 5.75 Å². The number of piperidine rings is 1. The highest BCUT2D eigenvalue weighted by atomic mass is 32.1. The lowest BCUT2D eigenvalue weighted by Gasteiger charge is -2.32. The second-order valence-corrected chi connectivity index (χ2v) is 7.51. The minimum absolute atomic E-state index is 0.273. The van der Waals surface area contributed by atoms with E-state index in [1.165, 1.54) is 0 Å². The summed E-state index contributed by atoms with van der Waals surface area (Å²) < 4.78 is 30.6. The third-order valence-electron chi connectivity index (χ3n) is 4.90. The lowest BCUT2D eigenvalue weighted by atomic mass is 9.97. The van der Waals surface area contributed by atoms with Crippen LogP contribution in [0.25, 0.3) is 10.8 Å². The van der Waals surface area contributed by atoms with Crippen molar-refractivity contribution in [2.45, 2.75) is 31.9 Å². The Hall–Kier alpha value is -2.05. The first kappa shape index (κ1) is 17.4. The molecule has 1 aliphatic rings. The minimum atomic E-state index is -2.82. The molecule has 0 spiro atoms. The van der Waals surface area contributed by atoms with E-state index in [0.29, 0.717) is 12.5 Å². The van der Waals surface area contributed by atoms with Gasteiger partial charge in [-0.25, -0.2) is 4.98 Å². The highest BCUT2D eigenvalue weighted by Gasteiger charge is 2.24. The third kappa shape index (κ3) is 3.71. The quantitative estimate of drug-likeness (QED) is 0.608. The molecule has 6 heteroatoms. The number of benzene rings is 2. The lowest BCUT2D eigenvalue weighted by Crippen LogP contribution is -2.34. The van der Waals surface area contributed by atoms with Crippen LogP contribution in [-0.4, -0.2) is 29.6 Å². The normalized spacial score (nSPS) is 18.5. The lowest BCUT2D eigenvalue weighted by molar-refractivity contribution is -0.0507. The number of nitrogens with zero attached hydrogens (tertiary/aromatic N) is 2. The number of fused-ring (bicyclic) bond motifs is 1. The monoisotopic (exact) mass is 374 g/mol. The second-order valence-electron chi connectivity index (χ2n) is 6.59. The number of hydrogen-bond donors (Lipinski definition) is 0. The number of aromatic nitrogens is 1. The number of hydrogen-bond acceptors (Lipinski definition) is 4. The van der Waals surface area contributed by atoms with Gasteiger partial charge in [-0.2, -0.15) is 8.78 Å². The van der Waals surface area contributed by atoms with E-state index in [1.54, 1.807) is 17.4 Å². The van der Waals surface area contributed by atoms with Gasteiger partial charge in [-0.3, -0.25) is 4.90 Å². The van der Waals surface area contributed by atoms with E-state index in [-0.39, 0.29) is 5.75 Å². The molecule has 2 heterocycles. The summed E-state index contributed by atoms with van der Waals surface area (Å²) in [5.74, 6) is 0.688. The summed E-state index contributed by atoms with van der Waals surface area (Å²) in [4.78, 5) is 6.79. The molecule has 2 aromatic carbocycles. The van der Waals surface area contributed by atoms with Gasteiger partial charge in [0.2, 0.25) is 0 Å². The molecule has 1 aromatic heterocycles. The van der Waals surface area contributed by atoms with Gasteiger partial charge >= 0.3 is 6.61 Å². The van der Waals surface area contributed by atoms with E-state index in [1.807, 2.05) is 41.9 Å². The van der Waals surface area contributed by atoms with Gasteiger partial charge in [0.15, 0.2) is 0 Å². The number of halogens is 2. The van der Waals surface area contributed by atoms with Gasteiger partial charge in [0, 0.05) is 36.1 Å². The maximum atomic E-state index is 12.9. The molecule has 1 atom stereocenters. The molecule has 1 saturated heterocycles. The summed E-state index contributed by atoms with van der Waals surface area (Å²) >= 11 is 1.69. The molecule has 3 aromatic rings. The predicted molar refractivity (Wildman–Crippen MR) is 99.9 cm³/mol. The van der Waals surface area contributed by atoms with Gasteiger partial charge in [-0.1, -0.05) is 30.3 Å². The first-order valence-corrected chi connectivity index (χ1v) is 9.66. The standard InChI is InChI=1S/C20H20F2N2OS/c21-20(22)25-18-8-7-14-4-1-2-6-16(14)17(18)13-24-10-3-5-15(12-24)19-23-9-11-26-19/h1-2,4,6-9,11,15,20H,3,5,10,12-13H2. The smallest absolute Gasteiger partial charge is 0.387 e. The molecule has 0 aliphatic carbocycles. The van der Waals surface area contributed by atoms with Crippen LogP contribution in [0.15, 0.2) is 48.0 Å². The molecule has 26 heavy (non-hydrogen) atoms.